The maximum Gasteiger partial charge on any atom is 0.0911 e. The lowest BCUT2D eigenvalue weighted by Gasteiger charge is -2.30. The van der Waals surface area contributed by atoms with Gasteiger partial charge in [0.15, 0.2) is 0 Å². The van der Waals surface area contributed by atoms with Crippen LogP contribution in [0.2, 0.25) is 0 Å². The third-order valence-electron chi connectivity index (χ3n) is 3.12. The second-order valence-electron chi connectivity index (χ2n) is 4.60. The lowest BCUT2D eigenvalue weighted by atomic mass is 10.1. The van der Waals surface area contributed by atoms with Crippen molar-refractivity contribution in [3.63, 3.8) is 0 Å². The van der Waals surface area contributed by atoms with Crippen LogP contribution in [0.15, 0.2) is 12.1 Å². The van der Waals surface area contributed by atoms with Crippen molar-refractivity contribution in [2.24, 2.45) is 5.73 Å². The molecule has 2 heterocycles. The van der Waals surface area contributed by atoms with Crippen molar-refractivity contribution < 1.29 is 10.2 Å². The van der Waals surface area contributed by atoms with Crippen molar-refractivity contribution in [1.29, 1.82) is 0 Å². The molecule has 18 heavy (non-hydrogen) atoms. The van der Waals surface area contributed by atoms with E-state index < -0.39 is 0 Å². The minimum absolute atomic E-state index is 0. The van der Waals surface area contributed by atoms with Gasteiger partial charge in [-0.1, -0.05) is 0 Å². The van der Waals surface area contributed by atoms with Gasteiger partial charge in [-0.25, -0.2) is 0 Å². The van der Waals surface area contributed by atoms with Crippen LogP contribution in [-0.2, 0) is 6.42 Å². The molecule has 0 spiro atoms. The zero-order valence-corrected chi connectivity index (χ0v) is 11.9. The molecule has 104 valence electrons. The molecule has 0 aromatic carbocycles. The van der Waals surface area contributed by atoms with Crippen LogP contribution in [0.3, 0.4) is 0 Å². The van der Waals surface area contributed by atoms with Gasteiger partial charge in [0.05, 0.1) is 17.7 Å². The molecule has 1 aromatic heterocycles. The molecule has 1 aromatic rings. The SMILES string of the molecule is Cl.NC(CO)Cc1ccc(N2CCC(O)CC2)s1. The highest BCUT2D eigenvalue weighted by Gasteiger charge is 2.18. The molecule has 0 amide bonds. The predicted octanol–water partition coefficient (Wildman–Crippen LogP) is 0.993. The Morgan fingerprint density at radius 3 is 2.67 bits per heavy atom. The Kier molecular flexibility index (Phi) is 6.38. The van der Waals surface area contributed by atoms with E-state index in [-0.39, 0.29) is 31.2 Å². The Balaban J connectivity index is 0.00000162. The van der Waals surface area contributed by atoms with Crippen LogP contribution < -0.4 is 10.6 Å². The van der Waals surface area contributed by atoms with Gasteiger partial charge in [0.2, 0.25) is 0 Å². The molecule has 1 unspecified atom stereocenters. The van der Waals surface area contributed by atoms with E-state index in [4.69, 9.17) is 10.8 Å². The third kappa shape index (κ3) is 4.10. The van der Waals surface area contributed by atoms with Crippen LogP contribution in [0.25, 0.3) is 0 Å². The zero-order valence-electron chi connectivity index (χ0n) is 10.3. The number of hydrogen-bond acceptors (Lipinski definition) is 5. The number of piperidine rings is 1. The molecule has 1 saturated heterocycles. The predicted molar refractivity (Wildman–Crippen MR) is 77.8 cm³/mol. The molecule has 0 radical (unpaired) electrons. The van der Waals surface area contributed by atoms with E-state index in [0.717, 1.165) is 32.4 Å². The molecule has 1 aliphatic heterocycles. The third-order valence-corrected chi connectivity index (χ3v) is 4.29. The van der Waals surface area contributed by atoms with Gasteiger partial charge in [0.1, 0.15) is 0 Å². The zero-order chi connectivity index (χ0) is 12.3. The Labute approximate surface area is 118 Å². The highest BCUT2D eigenvalue weighted by Crippen LogP contribution is 2.29. The molecule has 0 bridgehead atoms. The number of nitrogens with zero attached hydrogens (tertiary/aromatic N) is 1. The van der Waals surface area contributed by atoms with Crippen LogP contribution in [0, 0.1) is 0 Å². The first kappa shape index (κ1) is 15.7. The summed E-state index contributed by atoms with van der Waals surface area (Å²) in [5.41, 5.74) is 5.72. The van der Waals surface area contributed by atoms with Crippen molar-refractivity contribution in [2.75, 3.05) is 24.6 Å². The van der Waals surface area contributed by atoms with Gasteiger partial charge in [-0.3, -0.25) is 0 Å². The van der Waals surface area contributed by atoms with E-state index in [1.165, 1.54) is 9.88 Å². The fourth-order valence-electron chi connectivity index (χ4n) is 2.06. The Bertz CT molecular complexity index is 354. The lowest BCUT2D eigenvalue weighted by molar-refractivity contribution is 0.145. The fraction of sp³-hybridized carbons (Fsp3) is 0.667. The number of aliphatic hydroxyl groups is 2. The Morgan fingerprint density at radius 1 is 1.39 bits per heavy atom. The summed E-state index contributed by atoms with van der Waals surface area (Å²) in [7, 11) is 0. The summed E-state index contributed by atoms with van der Waals surface area (Å²) in [5.74, 6) is 0. The average Bonchev–Trinajstić information content (AvgIpc) is 2.78. The summed E-state index contributed by atoms with van der Waals surface area (Å²) >= 11 is 1.74. The van der Waals surface area contributed by atoms with Gasteiger partial charge in [-0.15, -0.1) is 23.7 Å². The van der Waals surface area contributed by atoms with Crippen molar-refractivity contribution in [3.8, 4) is 0 Å². The fourth-order valence-corrected chi connectivity index (χ4v) is 3.21. The molecule has 1 aliphatic rings. The normalized spacial score (nSPS) is 18.5. The number of rotatable bonds is 4. The lowest BCUT2D eigenvalue weighted by Crippen LogP contribution is -2.35. The number of hydrogen-bond donors (Lipinski definition) is 3. The van der Waals surface area contributed by atoms with Gasteiger partial charge in [-0.2, -0.15) is 0 Å². The smallest absolute Gasteiger partial charge is 0.0911 e. The largest absolute Gasteiger partial charge is 0.395 e. The molecular weight excluding hydrogens is 272 g/mol. The van der Waals surface area contributed by atoms with Crippen molar-refractivity contribution >= 4 is 28.7 Å². The topological polar surface area (TPSA) is 69.7 Å². The molecule has 0 saturated carbocycles. The second kappa shape index (κ2) is 7.31. The monoisotopic (exact) mass is 292 g/mol. The molecule has 4 nitrogen and oxygen atoms in total. The molecule has 6 heteroatoms. The van der Waals surface area contributed by atoms with Crippen molar-refractivity contribution in [1.82, 2.24) is 0 Å². The second-order valence-corrected chi connectivity index (χ2v) is 5.75. The van der Waals surface area contributed by atoms with E-state index in [1.54, 1.807) is 11.3 Å². The van der Waals surface area contributed by atoms with Gasteiger partial charge in [0, 0.05) is 24.0 Å². The highest BCUT2D eigenvalue weighted by atomic mass is 35.5. The first-order valence-electron chi connectivity index (χ1n) is 6.07. The summed E-state index contributed by atoms with van der Waals surface area (Å²) in [4.78, 5) is 3.53. The summed E-state index contributed by atoms with van der Waals surface area (Å²) < 4.78 is 0. The first-order chi connectivity index (χ1) is 8.19. The van der Waals surface area contributed by atoms with Crippen molar-refractivity contribution in [3.05, 3.63) is 17.0 Å². The molecular formula is C12H21ClN2O2S. The number of anilines is 1. The van der Waals surface area contributed by atoms with Crippen LogP contribution in [0.4, 0.5) is 5.00 Å². The minimum atomic E-state index is -0.162. The molecule has 2 rings (SSSR count). The molecule has 1 atom stereocenters. The summed E-state index contributed by atoms with van der Waals surface area (Å²) in [5, 5.41) is 19.6. The minimum Gasteiger partial charge on any atom is -0.395 e. The Morgan fingerprint density at radius 2 is 2.06 bits per heavy atom. The number of aliphatic hydroxyl groups excluding tert-OH is 2. The molecule has 4 N–H and O–H groups in total. The van der Waals surface area contributed by atoms with Gasteiger partial charge in [0.25, 0.3) is 0 Å². The quantitative estimate of drug-likeness (QED) is 0.774. The van der Waals surface area contributed by atoms with E-state index >= 15 is 0 Å². The average molecular weight is 293 g/mol. The van der Waals surface area contributed by atoms with Gasteiger partial charge in [-0.05, 0) is 31.4 Å². The first-order valence-corrected chi connectivity index (χ1v) is 6.89. The highest BCUT2D eigenvalue weighted by molar-refractivity contribution is 7.16. The number of nitrogens with two attached hydrogens (primary N) is 1. The standard InChI is InChI=1S/C12H20N2O2S.ClH/c13-9(8-15)7-11-1-2-12(17-11)14-5-3-10(16)4-6-14;/h1-2,9-10,15-16H,3-8,13H2;1H. The maximum absolute atomic E-state index is 9.46. The van der Waals surface area contributed by atoms with Gasteiger partial charge >= 0.3 is 0 Å². The summed E-state index contributed by atoms with van der Waals surface area (Å²) in [6.07, 6.45) is 2.30. The van der Waals surface area contributed by atoms with Crippen LogP contribution in [0.1, 0.15) is 17.7 Å². The Hall–Kier alpha value is -0.330. The maximum atomic E-state index is 9.46. The van der Waals surface area contributed by atoms with E-state index in [9.17, 15) is 5.11 Å². The van der Waals surface area contributed by atoms with E-state index in [0.29, 0.717) is 0 Å². The van der Waals surface area contributed by atoms with Gasteiger partial charge < -0.3 is 20.8 Å². The molecule has 1 fully saturated rings. The van der Waals surface area contributed by atoms with Crippen LogP contribution in [0.5, 0.6) is 0 Å². The number of halogens is 1. The number of thiophene rings is 1. The summed E-state index contributed by atoms with van der Waals surface area (Å²) in [6, 6.07) is 4.03. The van der Waals surface area contributed by atoms with E-state index in [1.807, 2.05) is 0 Å². The van der Waals surface area contributed by atoms with Crippen LogP contribution >= 0.6 is 23.7 Å². The van der Waals surface area contributed by atoms with E-state index in [2.05, 4.69) is 17.0 Å². The summed E-state index contributed by atoms with van der Waals surface area (Å²) in [6.45, 7) is 1.88. The molecule has 0 aliphatic carbocycles. The van der Waals surface area contributed by atoms with Crippen molar-refractivity contribution in [2.45, 2.75) is 31.4 Å². The van der Waals surface area contributed by atoms with Crippen LogP contribution in [-0.4, -0.2) is 42.1 Å².